The molecule has 62 valence electrons. The summed E-state index contributed by atoms with van der Waals surface area (Å²) in [6.45, 7) is 0. The molecule has 1 unspecified atom stereocenters. The fourth-order valence-corrected chi connectivity index (χ4v) is 1.09. The topological polar surface area (TPSA) is 55.4 Å². The zero-order valence-electron chi connectivity index (χ0n) is 5.56. The molecule has 6 heteroatoms. The van der Waals surface area contributed by atoms with E-state index in [1.54, 1.807) is 0 Å². The van der Waals surface area contributed by atoms with E-state index in [0.717, 1.165) is 0 Å². The van der Waals surface area contributed by atoms with E-state index in [2.05, 4.69) is 10.1 Å². The van der Waals surface area contributed by atoms with Crippen molar-refractivity contribution in [3.05, 3.63) is 0 Å². The molecule has 0 aromatic rings. The lowest BCUT2D eigenvalue weighted by Gasteiger charge is -2.36. The van der Waals surface area contributed by atoms with Crippen molar-refractivity contribution in [1.82, 2.24) is 5.32 Å². The number of carbonyl (C=O) groups excluding carboxylic acids is 2. The van der Waals surface area contributed by atoms with Gasteiger partial charge in [0, 0.05) is 0 Å². The molecule has 1 amide bonds. The van der Waals surface area contributed by atoms with Gasteiger partial charge in [0.15, 0.2) is 6.04 Å². The molecule has 1 rings (SSSR count). The average molecular weight is 198 g/mol. The molecule has 0 bridgehead atoms. The maximum absolute atomic E-state index is 10.7. The number of ether oxygens (including phenoxy) is 1. The van der Waals surface area contributed by atoms with Crippen molar-refractivity contribution in [3.8, 4) is 0 Å². The monoisotopic (exact) mass is 197 g/mol. The lowest BCUT2D eigenvalue weighted by atomic mass is 10.1. The summed E-state index contributed by atoms with van der Waals surface area (Å²) in [6, 6.07) is -0.941. The van der Waals surface area contributed by atoms with Crippen LogP contribution in [0.2, 0.25) is 0 Å². The number of hydrogen-bond acceptors (Lipinski definition) is 3. The number of halogens is 2. The number of hydrogen-bond donors (Lipinski definition) is 1. The molecule has 1 fully saturated rings. The minimum absolute atomic E-state index is 0.573. The molecule has 0 spiro atoms. The largest absolute Gasteiger partial charge is 0.467 e. The van der Waals surface area contributed by atoms with Gasteiger partial charge in [-0.3, -0.25) is 4.79 Å². The Hall–Kier alpha value is -0.480. The SMILES string of the molecule is COC(=O)C1NC(=O)C1(Cl)Cl. The normalized spacial score (nSPS) is 26.8. The molecular formula is C5H5Cl2NO3. The molecule has 1 aliphatic rings. The van der Waals surface area contributed by atoms with E-state index in [-0.39, 0.29) is 0 Å². The maximum atomic E-state index is 10.7. The first kappa shape index (κ1) is 8.62. The van der Waals surface area contributed by atoms with Gasteiger partial charge in [0.1, 0.15) is 0 Å². The Morgan fingerprint density at radius 3 is 2.55 bits per heavy atom. The Morgan fingerprint density at radius 2 is 2.27 bits per heavy atom. The van der Waals surface area contributed by atoms with E-state index < -0.39 is 22.3 Å². The van der Waals surface area contributed by atoms with Crippen LogP contribution in [0, 0.1) is 0 Å². The van der Waals surface area contributed by atoms with E-state index >= 15 is 0 Å². The molecule has 4 nitrogen and oxygen atoms in total. The van der Waals surface area contributed by atoms with Crippen LogP contribution in [0.4, 0.5) is 0 Å². The molecule has 0 radical (unpaired) electrons. The Labute approximate surface area is 72.8 Å². The smallest absolute Gasteiger partial charge is 0.332 e. The molecule has 0 aromatic carbocycles. The van der Waals surface area contributed by atoms with Gasteiger partial charge in [-0.15, -0.1) is 0 Å². The molecule has 11 heavy (non-hydrogen) atoms. The molecule has 1 N–H and O–H groups in total. The van der Waals surface area contributed by atoms with E-state index in [1.807, 2.05) is 0 Å². The van der Waals surface area contributed by atoms with Crippen LogP contribution < -0.4 is 5.32 Å². The fourth-order valence-electron chi connectivity index (χ4n) is 0.696. The number of alkyl halides is 2. The summed E-state index contributed by atoms with van der Waals surface area (Å²) in [5, 5.41) is 2.21. The quantitative estimate of drug-likeness (QED) is 0.361. The van der Waals surface area contributed by atoms with Crippen molar-refractivity contribution < 1.29 is 14.3 Å². The molecule has 1 heterocycles. The first-order valence-corrected chi connectivity index (χ1v) is 3.52. The highest BCUT2D eigenvalue weighted by Crippen LogP contribution is 2.33. The van der Waals surface area contributed by atoms with Crippen molar-refractivity contribution in [2.45, 2.75) is 10.4 Å². The number of rotatable bonds is 1. The minimum Gasteiger partial charge on any atom is -0.467 e. The number of esters is 1. The Kier molecular flexibility index (Phi) is 1.98. The van der Waals surface area contributed by atoms with Crippen LogP contribution in [0.25, 0.3) is 0 Å². The van der Waals surface area contributed by atoms with E-state index in [9.17, 15) is 9.59 Å². The van der Waals surface area contributed by atoms with Crippen molar-refractivity contribution in [2.75, 3.05) is 7.11 Å². The first-order chi connectivity index (χ1) is 5.00. The van der Waals surface area contributed by atoms with E-state index in [4.69, 9.17) is 23.2 Å². The van der Waals surface area contributed by atoms with Crippen molar-refractivity contribution >= 4 is 35.1 Å². The number of carbonyl (C=O) groups is 2. The second kappa shape index (κ2) is 2.53. The van der Waals surface area contributed by atoms with Gasteiger partial charge in [-0.05, 0) is 0 Å². The van der Waals surface area contributed by atoms with Gasteiger partial charge in [0.05, 0.1) is 7.11 Å². The van der Waals surface area contributed by atoms with E-state index in [0.29, 0.717) is 0 Å². The van der Waals surface area contributed by atoms with Crippen LogP contribution >= 0.6 is 23.2 Å². The first-order valence-electron chi connectivity index (χ1n) is 2.76. The van der Waals surface area contributed by atoms with Gasteiger partial charge in [-0.25, -0.2) is 4.79 Å². The highest BCUT2D eigenvalue weighted by Gasteiger charge is 2.57. The zero-order valence-corrected chi connectivity index (χ0v) is 7.07. The summed E-state index contributed by atoms with van der Waals surface area (Å²) in [5.74, 6) is -1.22. The van der Waals surface area contributed by atoms with Crippen LogP contribution in [-0.2, 0) is 14.3 Å². The third-order valence-corrected chi connectivity index (χ3v) is 2.16. The van der Waals surface area contributed by atoms with Crippen LogP contribution in [0.3, 0.4) is 0 Å². The summed E-state index contributed by atoms with van der Waals surface area (Å²) in [7, 11) is 1.19. The van der Waals surface area contributed by atoms with Crippen molar-refractivity contribution in [1.29, 1.82) is 0 Å². The zero-order chi connectivity index (χ0) is 8.65. The van der Waals surface area contributed by atoms with Crippen LogP contribution in [-0.4, -0.2) is 29.4 Å². The average Bonchev–Trinajstić information content (AvgIpc) is 1.98. The maximum Gasteiger partial charge on any atom is 0.332 e. The Balaban J connectivity index is 2.66. The third kappa shape index (κ3) is 1.16. The van der Waals surface area contributed by atoms with Crippen molar-refractivity contribution in [2.24, 2.45) is 0 Å². The van der Waals surface area contributed by atoms with Gasteiger partial charge in [-0.1, -0.05) is 23.2 Å². The second-order valence-corrected chi connectivity index (χ2v) is 3.44. The van der Waals surface area contributed by atoms with Gasteiger partial charge < -0.3 is 10.1 Å². The summed E-state index contributed by atoms with van der Waals surface area (Å²) in [6.07, 6.45) is 0. The molecule has 1 atom stereocenters. The number of amides is 1. The predicted octanol–water partition coefficient (Wildman–Crippen LogP) is -0.168. The molecule has 0 saturated carbocycles. The van der Waals surface area contributed by atoms with Crippen LogP contribution in [0.5, 0.6) is 0 Å². The predicted molar refractivity (Wildman–Crippen MR) is 38.4 cm³/mol. The standard InChI is InChI=1S/C5H5Cl2NO3/c1-11-3(9)2-5(6,7)4(10)8-2/h2H,1H3,(H,8,10). The Morgan fingerprint density at radius 1 is 1.73 bits per heavy atom. The Bertz CT molecular complexity index is 216. The third-order valence-electron chi connectivity index (χ3n) is 1.38. The lowest BCUT2D eigenvalue weighted by Crippen LogP contribution is -2.69. The molecule has 1 aliphatic heterocycles. The van der Waals surface area contributed by atoms with Gasteiger partial charge in [-0.2, -0.15) is 0 Å². The highest BCUT2D eigenvalue weighted by molar-refractivity contribution is 6.62. The molecule has 0 aliphatic carbocycles. The van der Waals surface area contributed by atoms with Gasteiger partial charge in [0.25, 0.3) is 5.91 Å². The summed E-state index contributed by atoms with van der Waals surface area (Å²) in [4.78, 5) is 21.3. The lowest BCUT2D eigenvalue weighted by molar-refractivity contribution is -0.151. The summed E-state index contributed by atoms with van der Waals surface area (Å²) >= 11 is 10.9. The van der Waals surface area contributed by atoms with E-state index in [1.165, 1.54) is 7.11 Å². The van der Waals surface area contributed by atoms with Gasteiger partial charge in [0.2, 0.25) is 4.33 Å². The minimum atomic E-state index is -1.66. The van der Waals surface area contributed by atoms with Crippen LogP contribution in [0.15, 0.2) is 0 Å². The summed E-state index contributed by atoms with van der Waals surface area (Å²) in [5.41, 5.74) is 0. The number of β-lactam (4-membered cyclic amide) rings is 1. The van der Waals surface area contributed by atoms with Gasteiger partial charge >= 0.3 is 5.97 Å². The summed E-state index contributed by atoms with van der Waals surface area (Å²) < 4.78 is 2.66. The molecule has 0 aromatic heterocycles. The van der Waals surface area contributed by atoms with Crippen LogP contribution in [0.1, 0.15) is 0 Å². The molecular weight excluding hydrogens is 193 g/mol. The highest BCUT2D eigenvalue weighted by atomic mass is 35.5. The fraction of sp³-hybridized carbons (Fsp3) is 0.600. The van der Waals surface area contributed by atoms with Crippen molar-refractivity contribution in [3.63, 3.8) is 0 Å². The molecule has 1 saturated heterocycles. The number of nitrogens with one attached hydrogen (secondary N) is 1. The second-order valence-electron chi connectivity index (χ2n) is 2.05. The number of methoxy groups -OCH3 is 1.